The molecule has 0 saturated carbocycles. The predicted octanol–water partition coefficient (Wildman–Crippen LogP) is 3.68. The molecular formula is C17H22FN5O. The highest BCUT2D eigenvalue weighted by Crippen LogP contribution is 2.32. The fourth-order valence-corrected chi connectivity index (χ4v) is 3.15. The fourth-order valence-electron chi connectivity index (χ4n) is 3.15. The first-order chi connectivity index (χ1) is 11.5. The van der Waals surface area contributed by atoms with E-state index in [0.29, 0.717) is 12.5 Å². The second-order valence-corrected chi connectivity index (χ2v) is 6.35. The largest absolute Gasteiger partial charge is 0.324 e. The van der Waals surface area contributed by atoms with Crippen molar-refractivity contribution in [3.63, 3.8) is 0 Å². The molecule has 6 nitrogen and oxygen atoms in total. The average molecular weight is 331 g/mol. The second-order valence-electron chi connectivity index (χ2n) is 6.35. The van der Waals surface area contributed by atoms with Gasteiger partial charge in [0.25, 0.3) is 0 Å². The monoisotopic (exact) mass is 331 g/mol. The molecule has 1 aliphatic rings. The minimum absolute atomic E-state index is 0.0427. The standard InChI is InChI=1S/C17H22FN5O/c1-11(2)23-12(3)19-16(21-23)20-17(24)22-10-4-5-15(22)13-6-8-14(18)9-7-13/h6-9,11,15H,4-5,10H2,1-3H3,(H,20,21,24)/t15-/m0/s1. The summed E-state index contributed by atoms with van der Waals surface area (Å²) in [4.78, 5) is 18.7. The van der Waals surface area contributed by atoms with Crippen molar-refractivity contribution in [3.8, 4) is 0 Å². The molecule has 1 saturated heterocycles. The van der Waals surface area contributed by atoms with Crippen molar-refractivity contribution in [2.75, 3.05) is 11.9 Å². The van der Waals surface area contributed by atoms with Crippen LogP contribution < -0.4 is 5.32 Å². The lowest BCUT2D eigenvalue weighted by Gasteiger charge is -2.24. The first-order valence-electron chi connectivity index (χ1n) is 8.22. The summed E-state index contributed by atoms with van der Waals surface area (Å²) in [5.41, 5.74) is 0.945. The van der Waals surface area contributed by atoms with Crippen LogP contribution in [0.4, 0.5) is 15.1 Å². The zero-order chi connectivity index (χ0) is 17.3. The minimum Gasteiger partial charge on any atom is -0.317 e. The molecule has 1 aromatic carbocycles. The SMILES string of the molecule is Cc1nc(NC(=O)N2CCC[C@H]2c2ccc(F)cc2)nn1C(C)C. The molecular weight excluding hydrogens is 309 g/mol. The van der Waals surface area contributed by atoms with Gasteiger partial charge in [-0.3, -0.25) is 5.32 Å². The van der Waals surface area contributed by atoms with Crippen LogP contribution in [0.25, 0.3) is 0 Å². The Morgan fingerprint density at radius 1 is 1.33 bits per heavy atom. The van der Waals surface area contributed by atoms with Crippen LogP contribution in [0, 0.1) is 12.7 Å². The highest BCUT2D eigenvalue weighted by molar-refractivity contribution is 5.88. The third kappa shape index (κ3) is 3.25. The molecule has 1 fully saturated rings. The quantitative estimate of drug-likeness (QED) is 0.933. The van der Waals surface area contributed by atoms with E-state index in [-0.39, 0.29) is 23.9 Å². The number of urea groups is 1. The van der Waals surface area contributed by atoms with E-state index in [9.17, 15) is 9.18 Å². The second kappa shape index (κ2) is 6.59. The van der Waals surface area contributed by atoms with E-state index in [2.05, 4.69) is 15.4 Å². The normalized spacial score (nSPS) is 17.5. The lowest BCUT2D eigenvalue weighted by Crippen LogP contribution is -2.34. The van der Waals surface area contributed by atoms with Crippen LogP contribution in [0.15, 0.2) is 24.3 Å². The molecule has 2 amide bonds. The Balaban J connectivity index is 1.74. The number of halogens is 1. The molecule has 0 aliphatic carbocycles. The maximum Gasteiger partial charge on any atom is 0.324 e. The van der Waals surface area contributed by atoms with Gasteiger partial charge in [0.05, 0.1) is 6.04 Å². The molecule has 2 aromatic rings. The number of amides is 2. The number of aryl methyl sites for hydroxylation is 1. The van der Waals surface area contributed by atoms with Gasteiger partial charge in [0.1, 0.15) is 11.6 Å². The lowest BCUT2D eigenvalue weighted by atomic mass is 10.0. The summed E-state index contributed by atoms with van der Waals surface area (Å²) in [6.07, 6.45) is 1.79. The number of anilines is 1. The third-order valence-corrected chi connectivity index (χ3v) is 4.28. The number of nitrogens with zero attached hydrogens (tertiary/aromatic N) is 4. The van der Waals surface area contributed by atoms with Crippen LogP contribution >= 0.6 is 0 Å². The maximum atomic E-state index is 13.1. The van der Waals surface area contributed by atoms with Crippen LogP contribution in [0.5, 0.6) is 0 Å². The molecule has 1 aliphatic heterocycles. The Labute approximate surface area is 140 Å². The van der Waals surface area contributed by atoms with Crippen molar-refractivity contribution in [2.24, 2.45) is 0 Å². The van der Waals surface area contributed by atoms with Gasteiger partial charge >= 0.3 is 6.03 Å². The summed E-state index contributed by atoms with van der Waals surface area (Å²) < 4.78 is 14.9. The zero-order valence-electron chi connectivity index (χ0n) is 14.2. The molecule has 0 spiro atoms. The topological polar surface area (TPSA) is 63.1 Å². The molecule has 0 bridgehead atoms. The number of benzene rings is 1. The molecule has 0 unspecified atom stereocenters. The summed E-state index contributed by atoms with van der Waals surface area (Å²) >= 11 is 0. The Hall–Kier alpha value is -2.44. The van der Waals surface area contributed by atoms with E-state index >= 15 is 0 Å². The number of likely N-dealkylation sites (tertiary alicyclic amines) is 1. The van der Waals surface area contributed by atoms with E-state index < -0.39 is 0 Å². The van der Waals surface area contributed by atoms with Gasteiger partial charge in [0.2, 0.25) is 5.95 Å². The number of aromatic nitrogens is 3. The molecule has 3 rings (SSSR count). The molecule has 1 N–H and O–H groups in total. The Kier molecular flexibility index (Phi) is 4.51. The van der Waals surface area contributed by atoms with E-state index in [1.54, 1.807) is 21.7 Å². The van der Waals surface area contributed by atoms with E-state index in [4.69, 9.17) is 0 Å². The summed E-state index contributed by atoms with van der Waals surface area (Å²) in [6, 6.07) is 6.25. The molecule has 24 heavy (non-hydrogen) atoms. The molecule has 2 heterocycles. The number of rotatable bonds is 3. The maximum absolute atomic E-state index is 13.1. The van der Waals surface area contributed by atoms with E-state index in [0.717, 1.165) is 24.2 Å². The zero-order valence-corrected chi connectivity index (χ0v) is 14.2. The molecule has 7 heteroatoms. The number of carbonyl (C=O) groups excluding carboxylic acids is 1. The Bertz CT molecular complexity index is 725. The van der Waals surface area contributed by atoms with Crippen LogP contribution in [0.2, 0.25) is 0 Å². The van der Waals surface area contributed by atoms with Crippen molar-refractivity contribution in [1.82, 2.24) is 19.7 Å². The first kappa shape index (κ1) is 16.4. The highest BCUT2D eigenvalue weighted by Gasteiger charge is 2.30. The Morgan fingerprint density at radius 3 is 2.67 bits per heavy atom. The average Bonchev–Trinajstić information content (AvgIpc) is 3.15. The van der Waals surface area contributed by atoms with Gasteiger partial charge in [0.15, 0.2) is 0 Å². The highest BCUT2D eigenvalue weighted by atomic mass is 19.1. The number of hydrogen-bond acceptors (Lipinski definition) is 3. The van der Waals surface area contributed by atoms with Crippen molar-refractivity contribution in [1.29, 1.82) is 0 Å². The predicted molar refractivity (Wildman–Crippen MR) is 89.2 cm³/mol. The molecule has 128 valence electrons. The number of nitrogens with one attached hydrogen (secondary N) is 1. The number of carbonyl (C=O) groups is 1. The summed E-state index contributed by atoms with van der Waals surface area (Å²) in [5, 5.41) is 7.11. The van der Waals surface area contributed by atoms with E-state index in [1.165, 1.54) is 12.1 Å². The summed E-state index contributed by atoms with van der Waals surface area (Å²) in [5.74, 6) is 0.805. The van der Waals surface area contributed by atoms with Gasteiger partial charge in [-0.05, 0) is 51.3 Å². The Morgan fingerprint density at radius 2 is 2.04 bits per heavy atom. The molecule has 1 aromatic heterocycles. The molecule has 0 radical (unpaired) electrons. The van der Waals surface area contributed by atoms with Crippen molar-refractivity contribution >= 4 is 12.0 Å². The van der Waals surface area contributed by atoms with Gasteiger partial charge in [0, 0.05) is 12.6 Å². The van der Waals surface area contributed by atoms with Crippen molar-refractivity contribution in [3.05, 3.63) is 41.5 Å². The minimum atomic E-state index is -0.272. The smallest absolute Gasteiger partial charge is 0.317 e. The molecule has 1 atom stereocenters. The van der Waals surface area contributed by atoms with Crippen molar-refractivity contribution < 1.29 is 9.18 Å². The lowest BCUT2D eigenvalue weighted by molar-refractivity contribution is 0.207. The van der Waals surface area contributed by atoms with E-state index in [1.807, 2.05) is 20.8 Å². The van der Waals surface area contributed by atoms with Gasteiger partial charge < -0.3 is 4.90 Å². The fraction of sp³-hybridized carbons (Fsp3) is 0.471. The third-order valence-electron chi connectivity index (χ3n) is 4.28. The van der Waals surface area contributed by atoms with Crippen LogP contribution in [0.1, 0.15) is 50.2 Å². The number of hydrogen-bond donors (Lipinski definition) is 1. The van der Waals surface area contributed by atoms with Gasteiger partial charge in [-0.15, -0.1) is 5.10 Å². The van der Waals surface area contributed by atoms with Crippen LogP contribution in [-0.4, -0.2) is 32.2 Å². The van der Waals surface area contributed by atoms with Crippen LogP contribution in [0.3, 0.4) is 0 Å². The summed E-state index contributed by atoms with van der Waals surface area (Å²) in [7, 11) is 0. The van der Waals surface area contributed by atoms with Gasteiger partial charge in [-0.25, -0.2) is 13.9 Å². The van der Waals surface area contributed by atoms with Gasteiger partial charge in [-0.1, -0.05) is 12.1 Å². The van der Waals surface area contributed by atoms with Crippen molar-refractivity contribution in [2.45, 2.75) is 45.7 Å². The first-order valence-corrected chi connectivity index (χ1v) is 8.22. The summed E-state index contributed by atoms with van der Waals surface area (Å²) in [6.45, 7) is 6.55. The van der Waals surface area contributed by atoms with Crippen LogP contribution in [-0.2, 0) is 0 Å². The van der Waals surface area contributed by atoms with Gasteiger partial charge in [-0.2, -0.15) is 4.98 Å².